The maximum Gasteiger partial charge on any atom is 0.341 e. The molecule has 3 aliphatic rings. The van der Waals surface area contributed by atoms with Crippen LogP contribution in [0.1, 0.15) is 46.4 Å². The molecule has 0 saturated carbocycles. The van der Waals surface area contributed by atoms with E-state index < -0.39 is 12.2 Å². The highest BCUT2D eigenvalue weighted by Gasteiger charge is 2.47. The Morgan fingerprint density at radius 3 is 2.80 bits per heavy atom. The Labute approximate surface area is 146 Å². The number of fused-ring (bicyclic) bond motifs is 3. The third-order valence-corrected chi connectivity index (χ3v) is 4.98. The highest BCUT2D eigenvalue weighted by molar-refractivity contribution is 6.11. The predicted molar refractivity (Wildman–Crippen MR) is 89.8 cm³/mol. The molecule has 0 spiro atoms. The van der Waals surface area contributed by atoms with Crippen molar-refractivity contribution >= 4 is 17.6 Å². The zero-order valence-corrected chi connectivity index (χ0v) is 14.5. The van der Waals surface area contributed by atoms with Crippen LogP contribution in [-0.2, 0) is 14.2 Å². The molecule has 2 fully saturated rings. The smallest absolute Gasteiger partial charge is 0.341 e. The van der Waals surface area contributed by atoms with Gasteiger partial charge in [0.2, 0.25) is 0 Å². The Balaban J connectivity index is 1.84. The number of carbonyl (C=O) groups is 2. The first-order valence-corrected chi connectivity index (χ1v) is 8.74. The van der Waals surface area contributed by atoms with Crippen LogP contribution in [0.2, 0.25) is 0 Å². The van der Waals surface area contributed by atoms with Crippen LogP contribution in [0.4, 0.5) is 5.69 Å². The summed E-state index contributed by atoms with van der Waals surface area (Å²) in [6.07, 6.45) is -0.399. The van der Waals surface area contributed by atoms with Gasteiger partial charge < -0.3 is 24.0 Å². The fourth-order valence-electron chi connectivity index (χ4n) is 3.82. The number of benzene rings is 1. The molecule has 134 valence electrons. The van der Waals surface area contributed by atoms with Crippen molar-refractivity contribution < 1.29 is 23.8 Å². The molecule has 1 amide bonds. The van der Waals surface area contributed by atoms with Crippen molar-refractivity contribution in [2.24, 2.45) is 0 Å². The summed E-state index contributed by atoms with van der Waals surface area (Å²) in [6, 6.07) is 3.80. The van der Waals surface area contributed by atoms with Crippen molar-refractivity contribution in [1.82, 2.24) is 4.90 Å². The van der Waals surface area contributed by atoms with Gasteiger partial charge in [-0.05, 0) is 19.9 Å². The maximum atomic E-state index is 13.0. The molecule has 0 unspecified atom stereocenters. The Kier molecular flexibility index (Phi) is 4.13. The largest absolute Gasteiger partial charge is 0.462 e. The van der Waals surface area contributed by atoms with Crippen molar-refractivity contribution in [3.05, 3.63) is 28.8 Å². The van der Waals surface area contributed by atoms with E-state index in [2.05, 4.69) is 4.90 Å². The number of hydrogen-bond donors (Lipinski definition) is 0. The van der Waals surface area contributed by atoms with Crippen LogP contribution in [0.3, 0.4) is 0 Å². The van der Waals surface area contributed by atoms with Gasteiger partial charge in [-0.1, -0.05) is 6.07 Å². The van der Waals surface area contributed by atoms with E-state index in [1.807, 2.05) is 19.1 Å². The standard InChI is InChI=1S/C18H22N2O5/c1-3-24-18(22)15-13(19-6-8-23-9-7-19)5-4-12-14(15)16(21)20-11(2)10-25-17(12)20/h4-5,11,17H,3,6-10H2,1-2H3/t11-,17+/m0/s1. The average molecular weight is 346 g/mol. The molecule has 3 heterocycles. The number of nitrogens with zero attached hydrogens (tertiary/aromatic N) is 2. The molecule has 2 saturated heterocycles. The number of carbonyl (C=O) groups excluding carboxylic acids is 2. The molecule has 7 nitrogen and oxygen atoms in total. The summed E-state index contributed by atoms with van der Waals surface area (Å²) in [5.41, 5.74) is 2.28. The van der Waals surface area contributed by atoms with Crippen LogP contribution < -0.4 is 4.90 Å². The molecule has 0 bridgehead atoms. The summed E-state index contributed by atoms with van der Waals surface area (Å²) >= 11 is 0. The Hall–Kier alpha value is -2.12. The average Bonchev–Trinajstić information content (AvgIpc) is 3.14. The van der Waals surface area contributed by atoms with Gasteiger partial charge in [0.15, 0.2) is 6.23 Å². The van der Waals surface area contributed by atoms with Gasteiger partial charge >= 0.3 is 5.97 Å². The van der Waals surface area contributed by atoms with Crippen LogP contribution in [0, 0.1) is 0 Å². The highest BCUT2D eigenvalue weighted by atomic mass is 16.5. The minimum atomic E-state index is -0.456. The van der Waals surface area contributed by atoms with Crippen molar-refractivity contribution in [1.29, 1.82) is 0 Å². The van der Waals surface area contributed by atoms with Crippen LogP contribution in [-0.4, -0.2) is 62.3 Å². The predicted octanol–water partition coefficient (Wildman–Crippen LogP) is 1.57. The van der Waals surface area contributed by atoms with Gasteiger partial charge in [0.05, 0.1) is 49.3 Å². The second-order valence-corrected chi connectivity index (χ2v) is 6.49. The molecular weight excluding hydrogens is 324 g/mol. The lowest BCUT2D eigenvalue weighted by Gasteiger charge is -2.30. The van der Waals surface area contributed by atoms with Crippen LogP contribution in [0.15, 0.2) is 12.1 Å². The lowest BCUT2D eigenvalue weighted by molar-refractivity contribution is 0.0356. The SMILES string of the molecule is CCOC(=O)c1c(N2CCOCC2)ccc2c1C(=O)N1[C@@H]2OC[C@@H]1C. The minimum Gasteiger partial charge on any atom is -0.462 e. The lowest BCUT2D eigenvalue weighted by Crippen LogP contribution is -2.38. The van der Waals surface area contributed by atoms with Gasteiger partial charge in [0.1, 0.15) is 0 Å². The van der Waals surface area contributed by atoms with Gasteiger partial charge in [-0.15, -0.1) is 0 Å². The summed E-state index contributed by atoms with van der Waals surface area (Å²) in [5, 5.41) is 0. The molecule has 3 aliphatic heterocycles. The molecule has 0 radical (unpaired) electrons. The summed E-state index contributed by atoms with van der Waals surface area (Å²) in [6.45, 7) is 7.05. The second-order valence-electron chi connectivity index (χ2n) is 6.49. The van der Waals surface area contributed by atoms with Crippen molar-refractivity contribution in [2.45, 2.75) is 26.1 Å². The third-order valence-electron chi connectivity index (χ3n) is 4.98. The third kappa shape index (κ3) is 2.49. The zero-order chi connectivity index (χ0) is 17.6. The number of ether oxygens (including phenoxy) is 3. The van der Waals surface area contributed by atoms with Gasteiger partial charge in [-0.3, -0.25) is 4.79 Å². The Morgan fingerprint density at radius 1 is 1.32 bits per heavy atom. The maximum absolute atomic E-state index is 13.0. The van der Waals surface area contributed by atoms with Crippen LogP contribution >= 0.6 is 0 Å². The van der Waals surface area contributed by atoms with E-state index in [0.29, 0.717) is 44.0 Å². The molecule has 0 aliphatic carbocycles. The molecule has 0 N–H and O–H groups in total. The van der Waals surface area contributed by atoms with Gasteiger partial charge in [0.25, 0.3) is 5.91 Å². The molecule has 0 aromatic heterocycles. The lowest BCUT2D eigenvalue weighted by atomic mass is 9.99. The summed E-state index contributed by atoms with van der Waals surface area (Å²) in [5.74, 6) is -0.605. The van der Waals surface area contributed by atoms with Crippen molar-refractivity contribution in [3.63, 3.8) is 0 Å². The topological polar surface area (TPSA) is 68.3 Å². The van der Waals surface area contributed by atoms with E-state index in [1.165, 1.54) is 0 Å². The van der Waals surface area contributed by atoms with Crippen LogP contribution in [0.25, 0.3) is 0 Å². The number of hydrogen-bond acceptors (Lipinski definition) is 6. The highest BCUT2D eigenvalue weighted by Crippen LogP contribution is 2.44. The van der Waals surface area contributed by atoms with Crippen molar-refractivity contribution in [2.75, 3.05) is 44.4 Å². The molecule has 25 heavy (non-hydrogen) atoms. The molecule has 1 aromatic rings. The summed E-state index contributed by atoms with van der Waals surface area (Å²) < 4.78 is 16.5. The van der Waals surface area contributed by atoms with Crippen LogP contribution in [0.5, 0.6) is 0 Å². The van der Waals surface area contributed by atoms with E-state index in [1.54, 1.807) is 11.8 Å². The van der Waals surface area contributed by atoms with Gasteiger partial charge in [0, 0.05) is 18.7 Å². The fraction of sp³-hybridized carbons (Fsp3) is 0.556. The number of amides is 1. The minimum absolute atomic E-state index is 0.00761. The molecule has 4 rings (SSSR count). The fourth-order valence-corrected chi connectivity index (χ4v) is 3.82. The van der Waals surface area contributed by atoms with E-state index >= 15 is 0 Å². The Morgan fingerprint density at radius 2 is 2.08 bits per heavy atom. The number of anilines is 1. The number of morpholine rings is 1. The second kappa shape index (κ2) is 6.31. The first-order chi connectivity index (χ1) is 12.1. The van der Waals surface area contributed by atoms with E-state index in [-0.39, 0.29) is 18.6 Å². The quantitative estimate of drug-likeness (QED) is 0.774. The van der Waals surface area contributed by atoms with E-state index in [4.69, 9.17) is 14.2 Å². The molecule has 1 aromatic carbocycles. The molecule has 2 atom stereocenters. The van der Waals surface area contributed by atoms with Gasteiger partial charge in [-0.2, -0.15) is 0 Å². The summed E-state index contributed by atoms with van der Waals surface area (Å²) in [7, 11) is 0. The van der Waals surface area contributed by atoms with E-state index in [0.717, 1.165) is 11.3 Å². The Bertz CT molecular complexity index is 714. The first kappa shape index (κ1) is 16.4. The molecular formula is C18H22N2O5. The molecule has 7 heteroatoms. The van der Waals surface area contributed by atoms with Crippen molar-refractivity contribution in [3.8, 4) is 0 Å². The number of esters is 1. The first-order valence-electron chi connectivity index (χ1n) is 8.74. The monoisotopic (exact) mass is 346 g/mol. The van der Waals surface area contributed by atoms with E-state index in [9.17, 15) is 9.59 Å². The number of rotatable bonds is 3. The normalized spacial score (nSPS) is 25.1. The zero-order valence-electron chi connectivity index (χ0n) is 14.5. The van der Waals surface area contributed by atoms with Gasteiger partial charge in [-0.25, -0.2) is 4.79 Å². The summed E-state index contributed by atoms with van der Waals surface area (Å²) in [4.78, 5) is 29.6.